The molecule has 7 heteroatoms. The maximum atomic E-state index is 9.52. The molecule has 1 aliphatic rings. The van der Waals surface area contributed by atoms with E-state index in [1.165, 1.54) is 11.1 Å². The van der Waals surface area contributed by atoms with E-state index < -0.39 is 0 Å². The van der Waals surface area contributed by atoms with E-state index in [1.54, 1.807) is 12.1 Å². The summed E-state index contributed by atoms with van der Waals surface area (Å²) in [4.78, 5) is 6.73. The smallest absolute Gasteiger partial charge is 0.232 e. The maximum absolute atomic E-state index is 9.52. The minimum absolute atomic E-state index is 0.130. The lowest BCUT2D eigenvalue weighted by Gasteiger charge is -2.35. The molecule has 1 aliphatic heterocycles. The summed E-state index contributed by atoms with van der Waals surface area (Å²) < 4.78 is 11.4. The first-order valence-corrected chi connectivity index (χ1v) is 10.3. The first-order valence-electron chi connectivity index (χ1n) is 9.93. The largest absolute Gasteiger partial charge is 0.419 e. The van der Waals surface area contributed by atoms with E-state index in [1.807, 2.05) is 12.1 Å². The number of halogens is 1. The molecule has 3 aromatic rings. The Morgan fingerprint density at radius 3 is 2.50 bits per heavy atom. The van der Waals surface area contributed by atoms with Gasteiger partial charge in [0.25, 0.3) is 0 Å². The molecule has 0 radical (unpaired) electrons. The standard InChI is InChI=1S/C23H23ClN4O2/c1-16-2-4-17(5-3-16)21(28-10-12-29-13-11-28)15-26-23-20(14-25)27-22(30-23)18-6-8-19(24)9-7-18/h2-9,21,26H,10-13,15H2,1H3/t21-/m1/s1. The highest BCUT2D eigenvalue weighted by atomic mass is 35.5. The van der Waals surface area contributed by atoms with Gasteiger partial charge in [0.15, 0.2) is 0 Å². The predicted molar refractivity (Wildman–Crippen MR) is 116 cm³/mol. The molecule has 0 bridgehead atoms. The Hall–Kier alpha value is -2.85. The number of aromatic nitrogens is 1. The van der Waals surface area contributed by atoms with Gasteiger partial charge in [-0.1, -0.05) is 41.4 Å². The molecule has 1 atom stereocenters. The van der Waals surface area contributed by atoms with Crippen LogP contribution in [0.5, 0.6) is 0 Å². The molecule has 0 amide bonds. The normalized spacial score (nSPS) is 15.5. The molecule has 2 heterocycles. The molecule has 1 fully saturated rings. The van der Waals surface area contributed by atoms with Crippen molar-refractivity contribution < 1.29 is 9.15 Å². The SMILES string of the molecule is Cc1ccc([C@@H](CNc2oc(-c3ccc(Cl)cc3)nc2C#N)N2CCOCC2)cc1. The topological polar surface area (TPSA) is 74.3 Å². The Bertz CT molecular complexity index is 1020. The third kappa shape index (κ3) is 4.65. The van der Waals surface area contributed by atoms with Gasteiger partial charge in [-0.3, -0.25) is 4.90 Å². The Balaban J connectivity index is 1.56. The summed E-state index contributed by atoms with van der Waals surface area (Å²) in [6, 6.07) is 18.0. The monoisotopic (exact) mass is 422 g/mol. The van der Waals surface area contributed by atoms with Crippen LogP contribution in [-0.4, -0.2) is 42.7 Å². The number of hydrogen-bond donors (Lipinski definition) is 1. The van der Waals surface area contributed by atoms with Crippen molar-refractivity contribution in [2.24, 2.45) is 0 Å². The van der Waals surface area contributed by atoms with Crippen LogP contribution in [0.25, 0.3) is 11.5 Å². The van der Waals surface area contributed by atoms with E-state index in [0.29, 0.717) is 23.3 Å². The fourth-order valence-corrected chi connectivity index (χ4v) is 3.68. The molecule has 0 aliphatic carbocycles. The third-order valence-corrected chi connectivity index (χ3v) is 5.48. The Morgan fingerprint density at radius 2 is 1.83 bits per heavy atom. The molecule has 0 saturated carbocycles. The summed E-state index contributed by atoms with van der Waals surface area (Å²) >= 11 is 5.96. The molecule has 1 aromatic heterocycles. The average Bonchev–Trinajstić information content (AvgIpc) is 3.19. The number of nitriles is 1. The molecule has 154 valence electrons. The maximum Gasteiger partial charge on any atom is 0.232 e. The number of nitrogens with zero attached hydrogens (tertiary/aromatic N) is 3. The summed E-state index contributed by atoms with van der Waals surface area (Å²) in [6.45, 7) is 5.82. The van der Waals surface area contributed by atoms with Gasteiger partial charge in [-0.15, -0.1) is 0 Å². The van der Waals surface area contributed by atoms with Crippen molar-refractivity contribution >= 4 is 17.5 Å². The predicted octanol–water partition coefficient (Wildman–Crippen LogP) is 4.66. The molecule has 1 N–H and O–H groups in total. The lowest BCUT2D eigenvalue weighted by molar-refractivity contribution is 0.0186. The van der Waals surface area contributed by atoms with Gasteiger partial charge >= 0.3 is 0 Å². The van der Waals surface area contributed by atoms with Gasteiger partial charge in [-0.25, -0.2) is 0 Å². The number of oxazole rings is 1. The van der Waals surface area contributed by atoms with Crippen molar-refractivity contribution in [3.05, 3.63) is 70.4 Å². The first-order chi connectivity index (χ1) is 14.6. The Labute approximate surface area is 181 Å². The number of hydrogen-bond acceptors (Lipinski definition) is 6. The highest BCUT2D eigenvalue weighted by Gasteiger charge is 2.24. The van der Waals surface area contributed by atoms with Gasteiger partial charge < -0.3 is 14.5 Å². The third-order valence-electron chi connectivity index (χ3n) is 5.23. The van der Waals surface area contributed by atoms with Gasteiger partial charge in [0, 0.05) is 30.2 Å². The molecular weight excluding hydrogens is 400 g/mol. The number of aryl methyl sites for hydroxylation is 1. The summed E-state index contributed by atoms with van der Waals surface area (Å²) in [5.74, 6) is 0.775. The van der Waals surface area contributed by atoms with E-state index in [0.717, 1.165) is 31.9 Å². The molecule has 4 rings (SSSR count). The summed E-state index contributed by atoms with van der Waals surface area (Å²) in [6.07, 6.45) is 0. The van der Waals surface area contributed by atoms with Crippen LogP contribution in [-0.2, 0) is 4.74 Å². The van der Waals surface area contributed by atoms with Gasteiger partial charge in [0.05, 0.1) is 19.3 Å². The highest BCUT2D eigenvalue weighted by Crippen LogP contribution is 2.28. The second-order valence-electron chi connectivity index (χ2n) is 7.27. The molecule has 6 nitrogen and oxygen atoms in total. The van der Waals surface area contributed by atoms with Crippen molar-refractivity contribution in [2.75, 3.05) is 38.2 Å². The number of rotatable bonds is 6. The van der Waals surface area contributed by atoms with Crippen LogP contribution >= 0.6 is 11.6 Å². The molecule has 2 aromatic carbocycles. The Kier molecular flexibility index (Phi) is 6.34. The second kappa shape index (κ2) is 9.31. The second-order valence-corrected chi connectivity index (χ2v) is 7.71. The summed E-state index contributed by atoms with van der Waals surface area (Å²) in [7, 11) is 0. The zero-order valence-electron chi connectivity index (χ0n) is 16.8. The number of morpholine rings is 1. The van der Waals surface area contributed by atoms with Crippen molar-refractivity contribution in [3.8, 4) is 17.5 Å². The van der Waals surface area contributed by atoms with Crippen molar-refractivity contribution in [2.45, 2.75) is 13.0 Å². The lowest BCUT2D eigenvalue weighted by Crippen LogP contribution is -2.41. The van der Waals surface area contributed by atoms with Crippen LogP contribution in [0.1, 0.15) is 22.9 Å². The first kappa shape index (κ1) is 20.4. The number of nitrogens with one attached hydrogen (secondary N) is 1. The van der Waals surface area contributed by atoms with Gasteiger partial charge in [0.2, 0.25) is 17.5 Å². The van der Waals surface area contributed by atoms with Gasteiger partial charge in [0.1, 0.15) is 6.07 Å². The number of ether oxygens (including phenoxy) is 1. The van der Waals surface area contributed by atoms with E-state index >= 15 is 0 Å². The van der Waals surface area contributed by atoms with Crippen LogP contribution in [0.4, 0.5) is 5.88 Å². The van der Waals surface area contributed by atoms with Gasteiger partial charge in [-0.2, -0.15) is 10.2 Å². The van der Waals surface area contributed by atoms with Crippen LogP contribution in [0.15, 0.2) is 52.9 Å². The summed E-state index contributed by atoms with van der Waals surface area (Å²) in [5.41, 5.74) is 3.45. The molecule has 30 heavy (non-hydrogen) atoms. The molecule has 0 unspecified atom stereocenters. The van der Waals surface area contributed by atoms with E-state index in [-0.39, 0.29) is 11.7 Å². The highest BCUT2D eigenvalue weighted by molar-refractivity contribution is 6.30. The minimum atomic E-state index is 0.130. The molecule has 1 saturated heterocycles. The van der Waals surface area contributed by atoms with Crippen LogP contribution < -0.4 is 5.32 Å². The Morgan fingerprint density at radius 1 is 1.13 bits per heavy atom. The van der Waals surface area contributed by atoms with Crippen molar-refractivity contribution in [1.82, 2.24) is 9.88 Å². The molecule has 0 spiro atoms. The van der Waals surface area contributed by atoms with E-state index in [9.17, 15) is 5.26 Å². The average molecular weight is 423 g/mol. The van der Waals surface area contributed by atoms with Crippen LogP contribution in [0.2, 0.25) is 5.02 Å². The fraction of sp³-hybridized carbons (Fsp3) is 0.304. The van der Waals surface area contributed by atoms with Crippen molar-refractivity contribution in [1.29, 1.82) is 5.26 Å². The van der Waals surface area contributed by atoms with Crippen molar-refractivity contribution in [3.63, 3.8) is 0 Å². The van der Waals surface area contributed by atoms with E-state index in [4.69, 9.17) is 20.8 Å². The summed E-state index contributed by atoms with van der Waals surface area (Å²) in [5, 5.41) is 13.5. The zero-order valence-corrected chi connectivity index (χ0v) is 17.5. The van der Waals surface area contributed by atoms with E-state index in [2.05, 4.69) is 52.5 Å². The quantitative estimate of drug-likeness (QED) is 0.622. The zero-order chi connectivity index (χ0) is 20.9. The fourth-order valence-electron chi connectivity index (χ4n) is 3.56. The minimum Gasteiger partial charge on any atom is -0.419 e. The number of benzene rings is 2. The van der Waals surface area contributed by atoms with Crippen LogP contribution in [0.3, 0.4) is 0 Å². The number of anilines is 1. The van der Waals surface area contributed by atoms with Gasteiger partial charge in [-0.05, 0) is 36.8 Å². The lowest BCUT2D eigenvalue weighted by atomic mass is 10.0. The molecular formula is C23H23ClN4O2. The van der Waals surface area contributed by atoms with Crippen LogP contribution in [0, 0.1) is 18.3 Å².